The summed E-state index contributed by atoms with van der Waals surface area (Å²) in [5, 5.41) is 24.7. The van der Waals surface area contributed by atoms with Gasteiger partial charge in [0.25, 0.3) is 0 Å². The molecule has 170 valence electrons. The van der Waals surface area contributed by atoms with Crippen molar-refractivity contribution in [2.45, 2.75) is 64.2 Å². The van der Waals surface area contributed by atoms with Crippen LogP contribution in [0.25, 0.3) is 0 Å². The van der Waals surface area contributed by atoms with Crippen LogP contribution in [0.15, 0.2) is 0 Å². The molecule has 0 fully saturated rings. The third-order valence-corrected chi connectivity index (χ3v) is 4.02. The fraction of sp³-hybridized carbons (Fsp3) is 0.647. The number of hydrogen-bond acceptors (Lipinski definition) is 7. The summed E-state index contributed by atoms with van der Waals surface area (Å²) in [5.41, 5.74) is 10.4. The minimum atomic E-state index is -1.38. The third kappa shape index (κ3) is 9.82. The Morgan fingerprint density at radius 3 is 1.87 bits per heavy atom. The summed E-state index contributed by atoms with van der Waals surface area (Å²) >= 11 is 0. The highest BCUT2D eigenvalue weighted by Crippen LogP contribution is 2.05. The molecule has 0 aliphatic carbocycles. The fourth-order valence-electron chi connectivity index (χ4n) is 2.29. The molecule has 4 amide bonds. The molecule has 0 heterocycles. The highest BCUT2D eigenvalue weighted by Gasteiger charge is 2.30. The van der Waals surface area contributed by atoms with Gasteiger partial charge in [0.05, 0.1) is 12.5 Å². The molecule has 0 spiro atoms. The average molecular weight is 431 g/mol. The molecule has 9 N–H and O–H groups in total. The molecule has 0 aromatic carbocycles. The summed E-state index contributed by atoms with van der Waals surface area (Å²) in [5.74, 6) is -6.24. The van der Waals surface area contributed by atoms with Gasteiger partial charge < -0.3 is 37.6 Å². The molecular weight excluding hydrogens is 402 g/mol. The van der Waals surface area contributed by atoms with Gasteiger partial charge in [-0.1, -0.05) is 13.8 Å². The summed E-state index contributed by atoms with van der Waals surface area (Å²) in [7, 11) is 0. The van der Waals surface area contributed by atoms with Crippen LogP contribution in [-0.2, 0) is 28.8 Å². The number of amides is 4. The fourth-order valence-corrected chi connectivity index (χ4v) is 2.29. The van der Waals surface area contributed by atoms with E-state index in [0.29, 0.717) is 0 Å². The van der Waals surface area contributed by atoms with Crippen LogP contribution >= 0.6 is 0 Å². The molecule has 13 nitrogen and oxygen atoms in total. The first kappa shape index (κ1) is 26.8. The van der Waals surface area contributed by atoms with Crippen LogP contribution < -0.4 is 27.4 Å². The normalized spacial score (nSPS) is 14.7. The van der Waals surface area contributed by atoms with Gasteiger partial charge in [0.2, 0.25) is 23.6 Å². The summed E-state index contributed by atoms with van der Waals surface area (Å²) < 4.78 is 0. The molecule has 0 saturated heterocycles. The number of nitrogens with two attached hydrogens (primary N) is 2. The van der Waals surface area contributed by atoms with E-state index in [1.807, 2.05) is 0 Å². The smallest absolute Gasteiger partial charge is 0.326 e. The van der Waals surface area contributed by atoms with Gasteiger partial charge in [0.1, 0.15) is 18.1 Å². The van der Waals surface area contributed by atoms with E-state index in [-0.39, 0.29) is 12.8 Å². The largest absolute Gasteiger partial charge is 0.481 e. The van der Waals surface area contributed by atoms with Gasteiger partial charge in [0, 0.05) is 6.42 Å². The molecule has 0 aromatic rings. The Morgan fingerprint density at radius 2 is 1.43 bits per heavy atom. The molecule has 0 aliphatic heterocycles. The summed E-state index contributed by atoms with van der Waals surface area (Å²) in [6.07, 6.45) is -1.10. The Hall–Kier alpha value is -3.22. The number of aliphatic carboxylic acids is 2. The number of carbonyl (C=O) groups excluding carboxylic acids is 4. The van der Waals surface area contributed by atoms with Crippen LogP contribution in [0.3, 0.4) is 0 Å². The number of nitrogens with one attached hydrogen (secondary N) is 3. The van der Waals surface area contributed by atoms with Crippen LogP contribution in [0.2, 0.25) is 0 Å². The van der Waals surface area contributed by atoms with E-state index >= 15 is 0 Å². The Balaban J connectivity index is 5.03. The van der Waals surface area contributed by atoms with E-state index < -0.39 is 72.1 Å². The van der Waals surface area contributed by atoms with Crippen molar-refractivity contribution in [3.8, 4) is 0 Å². The lowest BCUT2D eigenvalue weighted by molar-refractivity contribution is -0.143. The van der Waals surface area contributed by atoms with Gasteiger partial charge in [-0.3, -0.25) is 24.0 Å². The molecule has 0 bridgehead atoms. The molecule has 0 aromatic heterocycles. The van der Waals surface area contributed by atoms with Crippen LogP contribution in [0.1, 0.15) is 40.0 Å². The van der Waals surface area contributed by atoms with E-state index in [1.165, 1.54) is 6.92 Å². The Labute approximate surface area is 172 Å². The lowest BCUT2D eigenvalue weighted by Crippen LogP contribution is -2.57. The molecule has 13 heteroatoms. The maximum atomic E-state index is 12.5. The van der Waals surface area contributed by atoms with E-state index in [2.05, 4.69) is 16.0 Å². The summed E-state index contributed by atoms with van der Waals surface area (Å²) in [6.45, 7) is 4.52. The second-order valence-electron chi connectivity index (χ2n) is 7.07. The number of carboxylic acid groups (broad SMARTS) is 2. The van der Waals surface area contributed by atoms with Crippen molar-refractivity contribution < 1.29 is 39.0 Å². The monoisotopic (exact) mass is 431 g/mol. The second kappa shape index (κ2) is 12.4. The zero-order valence-electron chi connectivity index (χ0n) is 17.0. The van der Waals surface area contributed by atoms with Crippen LogP contribution in [0.5, 0.6) is 0 Å². The third-order valence-electron chi connectivity index (χ3n) is 4.02. The Morgan fingerprint density at radius 1 is 0.867 bits per heavy atom. The quantitative estimate of drug-likeness (QED) is 0.160. The van der Waals surface area contributed by atoms with E-state index in [9.17, 15) is 33.9 Å². The maximum Gasteiger partial charge on any atom is 0.326 e. The van der Waals surface area contributed by atoms with Crippen LogP contribution in [0, 0.1) is 5.92 Å². The highest BCUT2D eigenvalue weighted by molar-refractivity contribution is 5.94. The van der Waals surface area contributed by atoms with Crippen LogP contribution in [-0.4, -0.2) is 69.9 Å². The first-order valence-corrected chi connectivity index (χ1v) is 9.15. The lowest BCUT2D eigenvalue weighted by atomic mass is 10.0. The van der Waals surface area contributed by atoms with Crippen molar-refractivity contribution in [1.82, 2.24) is 16.0 Å². The number of carbonyl (C=O) groups is 6. The predicted octanol–water partition coefficient (Wildman–Crippen LogP) is -2.73. The number of hydrogen-bond donors (Lipinski definition) is 7. The minimum absolute atomic E-state index is 0.219. The highest BCUT2D eigenvalue weighted by atomic mass is 16.4. The predicted molar refractivity (Wildman–Crippen MR) is 103 cm³/mol. The topological polar surface area (TPSA) is 231 Å². The van der Waals surface area contributed by atoms with Gasteiger partial charge in [-0.25, -0.2) is 4.79 Å². The van der Waals surface area contributed by atoms with Gasteiger partial charge in [-0.15, -0.1) is 0 Å². The summed E-state index contributed by atoms with van der Waals surface area (Å²) in [4.78, 5) is 69.4. The first-order chi connectivity index (χ1) is 13.8. The second-order valence-corrected chi connectivity index (χ2v) is 7.07. The molecule has 0 saturated carbocycles. The molecular formula is C17H29N5O8. The molecule has 0 aliphatic rings. The zero-order valence-corrected chi connectivity index (χ0v) is 17.0. The Bertz CT molecular complexity index is 681. The van der Waals surface area contributed by atoms with Crippen molar-refractivity contribution in [1.29, 1.82) is 0 Å². The van der Waals surface area contributed by atoms with Crippen molar-refractivity contribution >= 4 is 35.6 Å². The van der Waals surface area contributed by atoms with Crippen LogP contribution in [0.4, 0.5) is 0 Å². The number of carboxylic acids is 2. The van der Waals surface area contributed by atoms with E-state index in [4.69, 9.17) is 16.6 Å². The lowest BCUT2D eigenvalue weighted by Gasteiger charge is -2.25. The van der Waals surface area contributed by atoms with Gasteiger partial charge in [-0.05, 0) is 19.3 Å². The molecule has 4 atom stereocenters. The van der Waals surface area contributed by atoms with Crippen molar-refractivity contribution in [2.24, 2.45) is 17.4 Å². The van der Waals surface area contributed by atoms with Crippen molar-refractivity contribution in [3.63, 3.8) is 0 Å². The standard InChI is InChI=1S/C17H29N5O8/c1-7(2)13(16(28)21-10(17(29)30)4-5-11(19)23)22-14(26)8(3)20-15(27)9(18)6-12(24)25/h7-10,13H,4-6,18H2,1-3H3,(H2,19,23)(H,20,27)(H,21,28)(H,22,26)(H,24,25)(H,29,30). The minimum Gasteiger partial charge on any atom is -0.481 e. The average Bonchev–Trinajstić information content (AvgIpc) is 2.61. The van der Waals surface area contributed by atoms with Gasteiger partial charge >= 0.3 is 11.9 Å². The van der Waals surface area contributed by atoms with Gasteiger partial charge in [-0.2, -0.15) is 0 Å². The van der Waals surface area contributed by atoms with Crippen molar-refractivity contribution in [3.05, 3.63) is 0 Å². The van der Waals surface area contributed by atoms with Gasteiger partial charge in [0.15, 0.2) is 0 Å². The SMILES string of the molecule is CC(NC(=O)C(N)CC(=O)O)C(=O)NC(C(=O)NC(CCC(N)=O)C(=O)O)C(C)C. The van der Waals surface area contributed by atoms with E-state index in [1.54, 1.807) is 13.8 Å². The molecule has 0 radical (unpaired) electrons. The maximum absolute atomic E-state index is 12.5. The Kier molecular flexibility index (Phi) is 11.0. The van der Waals surface area contributed by atoms with E-state index in [0.717, 1.165) is 0 Å². The van der Waals surface area contributed by atoms with Crippen molar-refractivity contribution in [2.75, 3.05) is 0 Å². The molecule has 30 heavy (non-hydrogen) atoms. The summed E-state index contributed by atoms with van der Waals surface area (Å²) in [6, 6.07) is -5.02. The number of rotatable bonds is 13. The first-order valence-electron chi connectivity index (χ1n) is 9.15. The number of primary amides is 1. The zero-order chi connectivity index (χ0) is 23.6. The molecule has 0 rings (SSSR count). The molecule has 4 unspecified atom stereocenters.